The number of ether oxygens (including phenoxy) is 1. The number of nitrogens with two attached hydrogens (primary N) is 1. The van der Waals surface area contributed by atoms with Crippen molar-refractivity contribution in [3.8, 4) is 0 Å². The Labute approximate surface area is 100 Å². The highest BCUT2D eigenvalue weighted by atomic mass is 35.5. The molecule has 0 bridgehead atoms. The standard InChI is InChI=1S/C10H16N2OS.ClH/c1-7(11)10-12-9(6-14-10)8-2-4-13-5-3-8;/h6-8H,2-5,11H2,1H3;1H. The van der Waals surface area contributed by atoms with E-state index < -0.39 is 0 Å². The maximum atomic E-state index is 5.78. The number of aromatic nitrogens is 1. The summed E-state index contributed by atoms with van der Waals surface area (Å²) in [4.78, 5) is 4.57. The monoisotopic (exact) mass is 248 g/mol. The minimum Gasteiger partial charge on any atom is -0.381 e. The van der Waals surface area contributed by atoms with Crippen molar-refractivity contribution in [1.82, 2.24) is 4.98 Å². The highest BCUT2D eigenvalue weighted by molar-refractivity contribution is 7.09. The van der Waals surface area contributed by atoms with Gasteiger partial charge in [0.15, 0.2) is 0 Å². The normalized spacial score (nSPS) is 19.6. The van der Waals surface area contributed by atoms with Gasteiger partial charge in [-0.15, -0.1) is 23.7 Å². The fraction of sp³-hybridized carbons (Fsp3) is 0.700. The molecule has 1 saturated heterocycles. The van der Waals surface area contributed by atoms with Crippen LogP contribution < -0.4 is 5.73 Å². The van der Waals surface area contributed by atoms with E-state index in [2.05, 4.69) is 10.4 Å². The Bertz CT molecular complexity index is 297. The number of hydrogen-bond donors (Lipinski definition) is 1. The number of hydrogen-bond acceptors (Lipinski definition) is 4. The topological polar surface area (TPSA) is 48.1 Å². The first-order valence-electron chi connectivity index (χ1n) is 5.06. The van der Waals surface area contributed by atoms with Gasteiger partial charge in [-0.1, -0.05) is 0 Å². The van der Waals surface area contributed by atoms with E-state index in [9.17, 15) is 0 Å². The van der Waals surface area contributed by atoms with E-state index in [1.807, 2.05) is 6.92 Å². The Balaban J connectivity index is 0.00000112. The second-order valence-corrected chi connectivity index (χ2v) is 4.68. The van der Waals surface area contributed by atoms with Gasteiger partial charge in [0.05, 0.1) is 11.7 Å². The summed E-state index contributed by atoms with van der Waals surface area (Å²) < 4.78 is 5.33. The zero-order chi connectivity index (χ0) is 9.97. The lowest BCUT2D eigenvalue weighted by Gasteiger charge is -2.20. The molecule has 1 unspecified atom stereocenters. The lowest BCUT2D eigenvalue weighted by atomic mass is 9.97. The molecule has 0 spiro atoms. The quantitative estimate of drug-likeness (QED) is 0.875. The van der Waals surface area contributed by atoms with E-state index in [-0.39, 0.29) is 18.4 Å². The molecule has 0 saturated carbocycles. The van der Waals surface area contributed by atoms with E-state index in [4.69, 9.17) is 10.5 Å². The predicted octanol–water partition coefficient (Wildman–Crippen LogP) is 2.48. The minimum atomic E-state index is 0. The van der Waals surface area contributed by atoms with Gasteiger partial charge in [-0.25, -0.2) is 4.98 Å². The first-order chi connectivity index (χ1) is 6.77. The summed E-state index contributed by atoms with van der Waals surface area (Å²) in [5, 5.41) is 3.20. The van der Waals surface area contributed by atoms with Crippen molar-refractivity contribution in [1.29, 1.82) is 0 Å². The molecule has 15 heavy (non-hydrogen) atoms. The van der Waals surface area contributed by atoms with Gasteiger partial charge in [0.2, 0.25) is 0 Å². The van der Waals surface area contributed by atoms with Crippen LogP contribution in [0.5, 0.6) is 0 Å². The van der Waals surface area contributed by atoms with Crippen molar-refractivity contribution in [2.45, 2.75) is 31.7 Å². The van der Waals surface area contributed by atoms with Gasteiger partial charge >= 0.3 is 0 Å². The van der Waals surface area contributed by atoms with Crippen LogP contribution >= 0.6 is 23.7 Å². The molecule has 2 rings (SSSR count). The van der Waals surface area contributed by atoms with Crippen LogP contribution in [0.4, 0.5) is 0 Å². The van der Waals surface area contributed by atoms with E-state index in [1.54, 1.807) is 11.3 Å². The van der Waals surface area contributed by atoms with Gasteiger partial charge in [-0.2, -0.15) is 0 Å². The first kappa shape index (κ1) is 12.9. The zero-order valence-corrected chi connectivity index (χ0v) is 10.4. The molecule has 1 aliphatic heterocycles. The average molecular weight is 249 g/mol. The number of thiazole rings is 1. The van der Waals surface area contributed by atoms with Crippen LogP contribution in [0.1, 0.15) is 42.4 Å². The third kappa shape index (κ3) is 3.14. The van der Waals surface area contributed by atoms with Gasteiger partial charge in [-0.3, -0.25) is 0 Å². The molecule has 86 valence electrons. The molecule has 2 heterocycles. The van der Waals surface area contributed by atoms with Crippen molar-refractivity contribution in [3.05, 3.63) is 16.1 Å². The molecule has 1 aromatic heterocycles. The maximum Gasteiger partial charge on any atom is 0.109 e. The van der Waals surface area contributed by atoms with Crippen LogP contribution in [0.2, 0.25) is 0 Å². The molecular formula is C10H17ClN2OS. The number of rotatable bonds is 2. The Kier molecular flexibility index (Phi) is 4.99. The number of nitrogens with zero attached hydrogens (tertiary/aromatic N) is 1. The molecule has 2 N–H and O–H groups in total. The summed E-state index contributed by atoms with van der Waals surface area (Å²) in [7, 11) is 0. The largest absolute Gasteiger partial charge is 0.381 e. The van der Waals surface area contributed by atoms with E-state index in [0.717, 1.165) is 31.1 Å². The molecule has 0 amide bonds. The smallest absolute Gasteiger partial charge is 0.109 e. The summed E-state index contributed by atoms with van der Waals surface area (Å²) in [6.07, 6.45) is 2.20. The third-order valence-electron chi connectivity index (χ3n) is 2.57. The molecule has 5 heteroatoms. The van der Waals surface area contributed by atoms with Crippen molar-refractivity contribution < 1.29 is 4.74 Å². The lowest BCUT2D eigenvalue weighted by molar-refractivity contribution is 0.0846. The molecule has 3 nitrogen and oxygen atoms in total. The predicted molar refractivity (Wildman–Crippen MR) is 64.8 cm³/mol. The Morgan fingerprint density at radius 2 is 2.20 bits per heavy atom. The second kappa shape index (κ2) is 5.80. The number of halogens is 1. The molecule has 1 fully saturated rings. The molecule has 1 atom stereocenters. The SMILES string of the molecule is CC(N)c1nc(C2CCOCC2)cs1.Cl. The van der Waals surface area contributed by atoms with E-state index >= 15 is 0 Å². The van der Waals surface area contributed by atoms with Gasteiger partial charge in [0.25, 0.3) is 0 Å². The summed E-state index contributed by atoms with van der Waals surface area (Å²) in [5.41, 5.74) is 6.99. The molecule has 1 aliphatic rings. The van der Waals surface area contributed by atoms with Crippen LogP contribution in [0.25, 0.3) is 0 Å². The van der Waals surface area contributed by atoms with Crippen molar-refractivity contribution in [2.24, 2.45) is 5.73 Å². The zero-order valence-electron chi connectivity index (χ0n) is 8.81. The molecule has 0 aromatic carbocycles. The fourth-order valence-corrected chi connectivity index (χ4v) is 2.55. The van der Waals surface area contributed by atoms with Crippen LogP contribution in [0.3, 0.4) is 0 Å². The first-order valence-corrected chi connectivity index (χ1v) is 5.94. The molecule has 0 aliphatic carbocycles. The highest BCUT2D eigenvalue weighted by Gasteiger charge is 2.19. The van der Waals surface area contributed by atoms with Crippen molar-refractivity contribution >= 4 is 23.7 Å². The van der Waals surface area contributed by atoms with Gasteiger partial charge in [0.1, 0.15) is 5.01 Å². The Morgan fingerprint density at radius 1 is 1.53 bits per heavy atom. The van der Waals surface area contributed by atoms with E-state index in [0.29, 0.717) is 5.92 Å². The van der Waals surface area contributed by atoms with Gasteiger partial charge < -0.3 is 10.5 Å². The maximum absolute atomic E-state index is 5.78. The van der Waals surface area contributed by atoms with Crippen LogP contribution in [0.15, 0.2) is 5.38 Å². The average Bonchev–Trinajstić information content (AvgIpc) is 2.68. The van der Waals surface area contributed by atoms with Crippen molar-refractivity contribution in [3.63, 3.8) is 0 Å². The van der Waals surface area contributed by atoms with Gasteiger partial charge in [-0.05, 0) is 19.8 Å². The van der Waals surface area contributed by atoms with E-state index in [1.165, 1.54) is 5.69 Å². The van der Waals surface area contributed by atoms with Gasteiger partial charge in [0, 0.05) is 24.5 Å². The third-order valence-corrected chi connectivity index (χ3v) is 3.63. The molecular weight excluding hydrogens is 232 g/mol. The molecule has 1 aromatic rings. The minimum absolute atomic E-state index is 0. The van der Waals surface area contributed by atoms with Crippen molar-refractivity contribution in [2.75, 3.05) is 13.2 Å². The van der Waals surface area contributed by atoms with Crippen LogP contribution in [0, 0.1) is 0 Å². The fourth-order valence-electron chi connectivity index (χ4n) is 1.69. The lowest BCUT2D eigenvalue weighted by Crippen LogP contribution is -2.14. The second-order valence-electron chi connectivity index (χ2n) is 3.79. The van der Waals surface area contributed by atoms with Crippen LogP contribution in [-0.2, 0) is 4.74 Å². The summed E-state index contributed by atoms with van der Waals surface area (Å²) in [6.45, 7) is 3.72. The molecule has 0 radical (unpaired) electrons. The van der Waals surface area contributed by atoms with Crippen LogP contribution in [-0.4, -0.2) is 18.2 Å². The highest BCUT2D eigenvalue weighted by Crippen LogP contribution is 2.28. The summed E-state index contributed by atoms with van der Waals surface area (Å²) >= 11 is 1.67. The Morgan fingerprint density at radius 3 is 2.73 bits per heavy atom. The Hall–Kier alpha value is -0.160. The summed E-state index contributed by atoms with van der Waals surface area (Å²) in [5.74, 6) is 0.590. The summed E-state index contributed by atoms with van der Waals surface area (Å²) in [6, 6.07) is 0.0635.